The van der Waals surface area contributed by atoms with E-state index in [1.807, 2.05) is 86.6 Å². The maximum absolute atomic E-state index is 13.5. The van der Waals surface area contributed by atoms with E-state index < -0.39 is 6.04 Å². The van der Waals surface area contributed by atoms with Crippen molar-refractivity contribution < 1.29 is 19.1 Å². The summed E-state index contributed by atoms with van der Waals surface area (Å²) in [7, 11) is 3.18. The van der Waals surface area contributed by atoms with Gasteiger partial charge in [-0.3, -0.25) is 9.59 Å². The van der Waals surface area contributed by atoms with Gasteiger partial charge < -0.3 is 19.7 Å². The average molecular weight is 461 g/mol. The molecule has 6 heteroatoms. The van der Waals surface area contributed by atoms with Crippen molar-refractivity contribution in [1.29, 1.82) is 0 Å². The normalized spacial score (nSPS) is 11.4. The van der Waals surface area contributed by atoms with Crippen LogP contribution in [0.1, 0.15) is 22.3 Å². The van der Waals surface area contributed by atoms with E-state index in [0.29, 0.717) is 17.9 Å². The van der Waals surface area contributed by atoms with Crippen LogP contribution in [-0.2, 0) is 22.6 Å². The number of amides is 2. The lowest BCUT2D eigenvalue weighted by molar-refractivity contribution is -0.142. The number of benzene rings is 3. The number of methoxy groups -OCH3 is 1. The minimum absolute atomic E-state index is 0.172. The summed E-state index contributed by atoms with van der Waals surface area (Å²) in [5, 5.41) is 2.72. The second-order valence-corrected chi connectivity index (χ2v) is 8.23. The van der Waals surface area contributed by atoms with Crippen molar-refractivity contribution in [3.63, 3.8) is 0 Å². The molecule has 1 N–H and O–H groups in total. The predicted octanol–water partition coefficient (Wildman–Crippen LogP) is 4.08. The molecule has 0 heterocycles. The predicted molar refractivity (Wildman–Crippen MR) is 133 cm³/mol. The Morgan fingerprint density at radius 1 is 0.882 bits per heavy atom. The Morgan fingerprint density at radius 2 is 1.62 bits per heavy atom. The number of carbonyl (C=O) groups is 2. The van der Waals surface area contributed by atoms with Crippen LogP contribution in [0.4, 0.5) is 0 Å². The molecule has 0 spiro atoms. The van der Waals surface area contributed by atoms with Gasteiger partial charge >= 0.3 is 0 Å². The summed E-state index contributed by atoms with van der Waals surface area (Å²) in [6.07, 6.45) is 0.389. The van der Waals surface area contributed by atoms with Crippen molar-refractivity contribution in [3.05, 3.63) is 95.1 Å². The molecule has 34 heavy (non-hydrogen) atoms. The van der Waals surface area contributed by atoms with Crippen LogP contribution in [0, 0.1) is 13.8 Å². The molecule has 0 unspecified atom stereocenters. The highest BCUT2D eigenvalue weighted by atomic mass is 16.5. The van der Waals surface area contributed by atoms with Crippen LogP contribution >= 0.6 is 0 Å². The molecule has 3 aromatic carbocycles. The molecular formula is C28H32N2O4. The van der Waals surface area contributed by atoms with E-state index in [2.05, 4.69) is 5.32 Å². The zero-order valence-corrected chi connectivity index (χ0v) is 20.2. The van der Waals surface area contributed by atoms with Crippen molar-refractivity contribution in [2.75, 3.05) is 20.8 Å². The summed E-state index contributed by atoms with van der Waals surface area (Å²) < 4.78 is 11.2. The fourth-order valence-corrected chi connectivity index (χ4v) is 3.72. The van der Waals surface area contributed by atoms with Crippen molar-refractivity contribution >= 4 is 11.8 Å². The van der Waals surface area contributed by atoms with Gasteiger partial charge in [-0.2, -0.15) is 0 Å². The summed E-state index contributed by atoms with van der Waals surface area (Å²) in [5.74, 6) is 0.810. The minimum atomic E-state index is -0.700. The minimum Gasteiger partial charge on any atom is -0.497 e. The molecule has 0 saturated carbocycles. The largest absolute Gasteiger partial charge is 0.497 e. The Bertz CT molecular complexity index is 1110. The Labute approximate surface area is 201 Å². The van der Waals surface area contributed by atoms with E-state index in [9.17, 15) is 9.59 Å². The van der Waals surface area contributed by atoms with Crippen molar-refractivity contribution in [2.45, 2.75) is 32.9 Å². The quantitative estimate of drug-likeness (QED) is 0.495. The fraction of sp³-hybridized carbons (Fsp3) is 0.286. The van der Waals surface area contributed by atoms with Crippen LogP contribution in [0.5, 0.6) is 11.5 Å². The smallest absolute Gasteiger partial charge is 0.261 e. The Kier molecular flexibility index (Phi) is 8.68. The van der Waals surface area contributed by atoms with Crippen LogP contribution in [0.15, 0.2) is 72.8 Å². The Hall–Kier alpha value is -3.80. The molecule has 3 aromatic rings. The summed E-state index contributed by atoms with van der Waals surface area (Å²) >= 11 is 0. The molecule has 3 rings (SSSR count). The van der Waals surface area contributed by atoms with E-state index in [4.69, 9.17) is 9.47 Å². The number of nitrogens with zero attached hydrogens (tertiary/aromatic N) is 1. The third-order valence-corrected chi connectivity index (χ3v) is 5.85. The first-order chi connectivity index (χ1) is 16.4. The molecule has 0 saturated heterocycles. The average Bonchev–Trinajstić information content (AvgIpc) is 2.86. The Balaban J connectivity index is 1.88. The molecule has 0 aliphatic heterocycles. The first kappa shape index (κ1) is 24.8. The monoisotopic (exact) mass is 460 g/mol. The number of aryl methyl sites for hydroxylation is 2. The first-order valence-electron chi connectivity index (χ1n) is 11.3. The lowest BCUT2D eigenvalue weighted by Gasteiger charge is -2.31. The van der Waals surface area contributed by atoms with Crippen molar-refractivity contribution in [2.24, 2.45) is 0 Å². The van der Waals surface area contributed by atoms with Crippen LogP contribution < -0.4 is 14.8 Å². The topological polar surface area (TPSA) is 67.9 Å². The van der Waals surface area contributed by atoms with Crippen LogP contribution in [0.25, 0.3) is 0 Å². The molecule has 2 amide bonds. The highest BCUT2D eigenvalue weighted by Gasteiger charge is 2.30. The van der Waals surface area contributed by atoms with Gasteiger partial charge in [-0.25, -0.2) is 0 Å². The third kappa shape index (κ3) is 6.61. The zero-order valence-electron chi connectivity index (χ0n) is 20.2. The van der Waals surface area contributed by atoms with E-state index >= 15 is 0 Å². The molecule has 0 aromatic heterocycles. The van der Waals surface area contributed by atoms with Crippen molar-refractivity contribution in [3.8, 4) is 11.5 Å². The highest BCUT2D eigenvalue weighted by Crippen LogP contribution is 2.20. The van der Waals surface area contributed by atoms with Gasteiger partial charge in [0.25, 0.3) is 5.91 Å². The number of carbonyl (C=O) groups excluding carboxylic acids is 2. The van der Waals surface area contributed by atoms with Gasteiger partial charge in [0.1, 0.15) is 17.5 Å². The number of nitrogens with one attached hydrogen (secondary N) is 1. The third-order valence-electron chi connectivity index (χ3n) is 5.85. The summed E-state index contributed by atoms with van der Waals surface area (Å²) in [6, 6.07) is 22.2. The first-order valence-corrected chi connectivity index (χ1v) is 11.3. The highest BCUT2D eigenvalue weighted by molar-refractivity contribution is 5.88. The molecule has 178 valence electrons. The van der Waals surface area contributed by atoms with E-state index in [0.717, 1.165) is 22.3 Å². The molecule has 0 bridgehead atoms. The van der Waals surface area contributed by atoms with Crippen LogP contribution in [0.3, 0.4) is 0 Å². The summed E-state index contributed by atoms with van der Waals surface area (Å²) in [4.78, 5) is 28.0. The molecular weight excluding hydrogens is 428 g/mol. The number of hydrogen-bond donors (Lipinski definition) is 1. The second kappa shape index (κ2) is 11.9. The molecule has 0 radical (unpaired) electrons. The maximum Gasteiger partial charge on any atom is 0.261 e. The zero-order chi connectivity index (χ0) is 24.5. The van der Waals surface area contributed by atoms with Gasteiger partial charge in [0.15, 0.2) is 6.61 Å². The molecule has 1 atom stereocenters. The lowest BCUT2D eigenvalue weighted by Crippen LogP contribution is -2.51. The number of rotatable bonds is 10. The second-order valence-electron chi connectivity index (χ2n) is 8.23. The fourth-order valence-electron chi connectivity index (χ4n) is 3.72. The van der Waals surface area contributed by atoms with E-state index in [-0.39, 0.29) is 25.0 Å². The summed E-state index contributed by atoms with van der Waals surface area (Å²) in [5.41, 5.74) is 4.07. The van der Waals surface area contributed by atoms with Crippen LogP contribution in [0.2, 0.25) is 0 Å². The standard InChI is InChI=1S/C28H32N2O4/c1-20-13-14-25(15-21(20)2)34-19-27(31)30(18-23-11-8-12-24(16-23)33-4)26(28(32)29-3)17-22-9-6-5-7-10-22/h5-16,26H,17-19H2,1-4H3,(H,29,32)/t26-/m1/s1. The molecule has 0 aliphatic rings. The molecule has 6 nitrogen and oxygen atoms in total. The van der Waals surface area contributed by atoms with Crippen LogP contribution in [-0.4, -0.2) is 43.5 Å². The van der Waals surface area contributed by atoms with Gasteiger partial charge in [-0.15, -0.1) is 0 Å². The van der Waals surface area contributed by atoms with Gasteiger partial charge in [-0.05, 0) is 60.4 Å². The lowest BCUT2D eigenvalue weighted by atomic mass is 10.0. The summed E-state index contributed by atoms with van der Waals surface area (Å²) in [6.45, 7) is 4.10. The maximum atomic E-state index is 13.5. The van der Waals surface area contributed by atoms with Gasteiger partial charge in [0.2, 0.25) is 5.91 Å². The molecule has 0 aliphatic carbocycles. The van der Waals surface area contributed by atoms with Gasteiger partial charge in [0, 0.05) is 20.0 Å². The SMILES string of the molecule is CNC(=O)[C@@H](Cc1ccccc1)N(Cc1cccc(OC)c1)C(=O)COc1ccc(C)c(C)c1. The van der Waals surface area contributed by atoms with Gasteiger partial charge in [-0.1, -0.05) is 48.5 Å². The van der Waals surface area contributed by atoms with E-state index in [1.165, 1.54) is 0 Å². The molecule has 0 fully saturated rings. The number of ether oxygens (including phenoxy) is 2. The number of hydrogen-bond acceptors (Lipinski definition) is 4. The van der Waals surface area contributed by atoms with E-state index in [1.54, 1.807) is 19.1 Å². The number of likely N-dealkylation sites (N-methyl/N-ethyl adjacent to an activating group) is 1. The Morgan fingerprint density at radius 3 is 2.29 bits per heavy atom. The van der Waals surface area contributed by atoms with Crippen molar-refractivity contribution in [1.82, 2.24) is 10.2 Å². The van der Waals surface area contributed by atoms with Gasteiger partial charge in [0.05, 0.1) is 7.11 Å².